The average Bonchev–Trinajstić information content (AvgIpc) is 2.50. The molecule has 3 rings (SSSR count). The molecule has 0 radical (unpaired) electrons. The predicted octanol–water partition coefficient (Wildman–Crippen LogP) is 3.92. The van der Waals surface area contributed by atoms with Crippen molar-refractivity contribution < 1.29 is 9.47 Å². The van der Waals surface area contributed by atoms with E-state index in [0.717, 1.165) is 42.3 Å². The fourth-order valence-corrected chi connectivity index (χ4v) is 2.53. The summed E-state index contributed by atoms with van der Waals surface area (Å²) in [5.74, 6) is 2.31. The van der Waals surface area contributed by atoms with Gasteiger partial charge in [-0.15, -0.1) is 0 Å². The van der Waals surface area contributed by atoms with Gasteiger partial charge in [0, 0.05) is 17.1 Å². The van der Waals surface area contributed by atoms with E-state index in [9.17, 15) is 0 Å². The summed E-state index contributed by atoms with van der Waals surface area (Å²) in [7, 11) is 0. The first kappa shape index (κ1) is 13.3. The maximum atomic E-state index is 5.91. The van der Waals surface area contributed by atoms with E-state index < -0.39 is 0 Å². The van der Waals surface area contributed by atoms with Crippen molar-refractivity contribution in [3.05, 3.63) is 52.5 Å². The van der Waals surface area contributed by atoms with Crippen molar-refractivity contribution in [2.45, 2.75) is 19.4 Å². The SMILES string of the molecule is NCc1ccc(Oc2ccc(Cl)cc2)c2c1CCCO2. The largest absolute Gasteiger partial charge is 0.489 e. The van der Waals surface area contributed by atoms with Crippen LogP contribution in [0.2, 0.25) is 5.02 Å². The molecule has 0 saturated heterocycles. The number of halogens is 1. The Bertz CT molecular complexity index is 611. The van der Waals surface area contributed by atoms with Crippen LogP contribution in [-0.4, -0.2) is 6.61 Å². The van der Waals surface area contributed by atoms with Crippen LogP contribution in [0.15, 0.2) is 36.4 Å². The van der Waals surface area contributed by atoms with Crippen molar-refractivity contribution in [2.75, 3.05) is 6.61 Å². The van der Waals surface area contributed by atoms with E-state index in [1.54, 1.807) is 12.1 Å². The molecule has 1 heterocycles. The van der Waals surface area contributed by atoms with Crippen molar-refractivity contribution in [2.24, 2.45) is 5.73 Å². The van der Waals surface area contributed by atoms with Gasteiger partial charge in [-0.1, -0.05) is 17.7 Å². The Morgan fingerprint density at radius 2 is 1.95 bits per heavy atom. The van der Waals surface area contributed by atoms with Crippen molar-refractivity contribution in [1.29, 1.82) is 0 Å². The normalized spacial score (nSPS) is 13.5. The second-order valence-electron chi connectivity index (χ2n) is 4.74. The van der Waals surface area contributed by atoms with Crippen molar-refractivity contribution in [3.63, 3.8) is 0 Å². The van der Waals surface area contributed by atoms with Crippen LogP contribution in [0.3, 0.4) is 0 Å². The van der Waals surface area contributed by atoms with E-state index in [1.807, 2.05) is 24.3 Å². The molecule has 2 aromatic carbocycles. The van der Waals surface area contributed by atoms with Gasteiger partial charge in [0.05, 0.1) is 6.61 Å². The topological polar surface area (TPSA) is 44.5 Å². The minimum atomic E-state index is 0.521. The van der Waals surface area contributed by atoms with E-state index in [0.29, 0.717) is 11.6 Å². The summed E-state index contributed by atoms with van der Waals surface area (Å²) in [4.78, 5) is 0. The van der Waals surface area contributed by atoms with E-state index >= 15 is 0 Å². The summed E-state index contributed by atoms with van der Waals surface area (Å²) in [5.41, 5.74) is 8.08. The molecular formula is C16H16ClNO2. The van der Waals surface area contributed by atoms with Gasteiger partial charge >= 0.3 is 0 Å². The summed E-state index contributed by atoms with van der Waals surface area (Å²) in [6.45, 7) is 1.24. The van der Waals surface area contributed by atoms with Crippen LogP contribution < -0.4 is 15.2 Å². The molecule has 0 fully saturated rings. The minimum Gasteiger partial charge on any atom is -0.489 e. The van der Waals surface area contributed by atoms with E-state index in [-0.39, 0.29) is 0 Å². The number of ether oxygens (including phenoxy) is 2. The summed E-state index contributed by atoms with van der Waals surface area (Å²) in [6, 6.07) is 11.2. The van der Waals surface area contributed by atoms with Gasteiger partial charge in [0.25, 0.3) is 0 Å². The fourth-order valence-electron chi connectivity index (χ4n) is 2.40. The number of fused-ring (bicyclic) bond motifs is 1. The van der Waals surface area contributed by atoms with Gasteiger partial charge < -0.3 is 15.2 Å². The third-order valence-electron chi connectivity index (χ3n) is 3.40. The van der Waals surface area contributed by atoms with Crippen LogP contribution in [0.5, 0.6) is 17.2 Å². The van der Waals surface area contributed by atoms with Crippen LogP contribution in [0.1, 0.15) is 17.5 Å². The molecule has 0 saturated carbocycles. The number of benzene rings is 2. The Labute approximate surface area is 123 Å². The van der Waals surface area contributed by atoms with Crippen LogP contribution >= 0.6 is 11.6 Å². The molecule has 20 heavy (non-hydrogen) atoms. The predicted molar refractivity (Wildman–Crippen MR) is 79.7 cm³/mol. The van der Waals surface area contributed by atoms with E-state index in [1.165, 1.54) is 5.56 Å². The number of rotatable bonds is 3. The highest BCUT2D eigenvalue weighted by Gasteiger charge is 2.19. The number of hydrogen-bond acceptors (Lipinski definition) is 3. The summed E-state index contributed by atoms with van der Waals surface area (Å²) in [5, 5.41) is 0.689. The standard InChI is InChI=1S/C16H16ClNO2/c17-12-4-6-13(7-5-12)20-15-8-3-11(10-18)14-2-1-9-19-16(14)15/h3-8H,1-2,9-10,18H2. The monoisotopic (exact) mass is 289 g/mol. The average molecular weight is 290 g/mol. The Balaban J connectivity index is 1.95. The maximum absolute atomic E-state index is 5.91. The van der Waals surface area contributed by atoms with E-state index in [2.05, 4.69) is 0 Å². The summed E-state index contributed by atoms with van der Waals surface area (Å²) < 4.78 is 11.7. The quantitative estimate of drug-likeness (QED) is 0.931. The number of nitrogens with two attached hydrogens (primary N) is 1. The van der Waals surface area contributed by atoms with Crippen molar-refractivity contribution >= 4 is 11.6 Å². The Hall–Kier alpha value is -1.71. The fraction of sp³-hybridized carbons (Fsp3) is 0.250. The third kappa shape index (κ3) is 2.60. The zero-order chi connectivity index (χ0) is 13.9. The highest BCUT2D eigenvalue weighted by atomic mass is 35.5. The van der Waals surface area contributed by atoms with Gasteiger partial charge in [-0.3, -0.25) is 0 Å². The molecule has 2 N–H and O–H groups in total. The molecular weight excluding hydrogens is 274 g/mol. The molecule has 2 aromatic rings. The first-order chi connectivity index (χ1) is 9.78. The molecule has 4 heteroatoms. The molecule has 1 aliphatic rings. The molecule has 0 spiro atoms. The lowest BCUT2D eigenvalue weighted by molar-refractivity contribution is 0.274. The molecule has 0 amide bonds. The molecule has 3 nitrogen and oxygen atoms in total. The first-order valence-corrected chi connectivity index (χ1v) is 7.07. The first-order valence-electron chi connectivity index (χ1n) is 6.69. The Morgan fingerprint density at radius 1 is 1.15 bits per heavy atom. The van der Waals surface area contributed by atoms with Crippen molar-refractivity contribution in [1.82, 2.24) is 0 Å². The second kappa shape index (κ2) is 5.73. The van der Waals surface area contributed by atoms with Crippen molar-refractivity contribution in [3.8, 4) is 17.2 Å². The van der Waals surface area contributed by atoms with E-state index in [4.69, 9.17) is 26.8 Å². The summed E-state index contributed by atoms with van der Waals surface area (Å²) in [6.07, 6.45) is 2.00. The lowest BCUT2D eigenvalue weighted by Gasteiger charge is -2.22. The van der Waals surface area contributed by atoms with Gasteiger partial charge in [0.2, 0.25) is 0 Å². The van der Waals surface area contributed by atoms with Crippen LogP contribution in [0.25, 0.3) is 0 Å². The Kier molecular flexibility index (Phi) is 3.81. The highest BCUT2D eigenvalue weighted by Crippen LogP contribution is 2.39. The molecule has 0 bridgehead atoms. The molecule has 0 aliphatic carbocycles. The second-order valence-corrected chi connectivity index (χ2v) is 5.18. The molecule has 0 aromatic heterocycles. The molecule has 0 unspecified atom stereocenters. The zero-order valence-electron chi connectivity index (χ0n) is 11.1. The lowest BCUT2D eigenvalue weighted by Crippen LogP contribution is -2.13. The van der Waals surface area contributed by atoms with Crippen LogP contribution in [0.4, 0.5) is 0 Å². The lowest BCUT2D eigenvalue weighted by atomic mass is 9.99. The molecule has 104 valence electrons. The zero-order valence-corrected chi connectivity index (χ0v) is 11.8. The maximum Gasteiger partial charge on any atom is 0.169 e. The van der Waals surface area contributed by atoms with Gasteiger partial charge in [-0.2, -0.15) is 0 Å². The smallest absolute Gasteiger partial charge is 0.169 e. The Morgan fingerprint density at radius 3 is 2.70 bits per heavy atom. The number of hydrogen-bond donors (Lipinski definition) is 1. The van der Waals surface area contributed by atoms with Crippen LogP contribution in [-0.2, 0) is 13.0 Å². The van der Waals surface area contributed by atoms with Gasteiger partial charge in [0.1, 0.15) is 5.75 Å². The van der Waals surface area contributed by atoms with Gasteiger partial charge in [-0.25, -0.2) is 0 Å². The van der Waals surface area contributed by atoms with Crippen LogP contribution in [0, 0.1) is 0 Å². The molecule has 1 aliphatic heterocycles. The van der Waals surface area contributed by atoms with Gasteiger partial charge in [0.15, 0.2) is 11.5 Å². The minimum absolute atomic E-state index is 0.521. The molecule has 0 atom stereocenters. The van der Waals surface area contributed by atoms with Gasteiger partial charge in [-0.05, 0) is 48.7 Å². The third-order valence-corrected chi connectivity index (χ3v) is 3.65. The summed E-state index contributed by atoms with van der Waals surface area (Å²) >= 11 is 5.88. The highest BCUT2D eigenvalue weighted by molar-refractivity contribution is 6.30.